The minimum atomic E-state index is -0.530. The Labute approximate surface area is 91.1 Å². The molecule has 0 radical (unpaired) electrons. The molecule has 0 bridgehead atoms. The number of aromatic hydroxyl groups is 1. The van der Waals surface area contributed by atoms with Crippen LogP contribution in [-0.2, 0) is 0 Å². The number of aldehydes is 1. The summed E-state index contributed by atoms with van der Waals surface area (Å²) in [4.78, 5) is 10.6. The number of benzene rings is 2. The lowest BCUT2D eigenvalue weighted by Crippen LogP contribution is -1.91. The lowest BCUT2D eigenvalue weighted by Gasteiger charge is -2.08. The topological polar surface area (TPSA) is 46.5 Å². The second-order valence-electron chi connectivity index (χ2n) is 3.33. The molecule has 0 unspecified atom stereocenters. The number of methoxy groups -OCH3 is 1. The molecule has 1 N–H and O–H groups in total. The molecular weight excluding hydrogens is 211 g/mol. The van der Waals surface area contributed by atoms with Crippen molar-refractivity contribution in [3.05, 3.63) is 35.6 Å². The highest BCUT2D eigenvalue weighted by Gasteiger charge is 2.11. The van der Waals surface area contributed by atoms with E-state index in [0.717, 1.165) is 0 Å². The predicted molar refractivity (Wildman–Crippen MR) is 57.5 cm³/mol. The highest BCUT2D eigenvalue weighted by Crippen LogP contribution is 2.34. The van der Waals surface area contributed by atoms with Crippen molar-refractivity contribution in [1.29, 1.82) is 0 Å². The van der Waals surface area contributed by atoms with Crippen molar-refractivity contribution >= 4 is 17.1 Å². The number of halogens is 1. The van der Waals surface area contributed by atoms with Crippen LogP contribution in [0.1, 0.15) is 10.4 Å². The van der Waals surface area contributed by atoms with Crippen molar-refractivity contribution in [3.8, 4) is 11.5 Å². The Kier molecular flexibility index (Phi) is 2.48. The molecule has 0 heterocycles. The molecule has 3 nitrogen and oxygen atoms in total. The molecule has 0 fully saturated rings. The van der Waals surface area contributed by atoms with Crippen LogP contribution >= 0.6 is 0 Å². The quantitative estimate of drug-likeness (QED) is 0.791. The van der Waals surface area contributed by atoms with Gasteiger partial charge in [-0.3, -0.25) is 4.79 Å². The fourth-order valence-corrected chi connectivity index (χ4v) is 1.66. The van der Waals surface area contributed by atoms with E-state index in [4.69, 9.17) is 4.74 Å². The molecule has 0 spiro atoms. The zero-order chi connectivity index (χ0) is 11.7. The number of rotatable bonds is 2. The lowest BCUT2D eigenvalue weighted by molar-refractivity contribution is 0.112. The summed E-state index contributed by atoms with van der Waals surface area (Å²) in [5.41, 5.74) is 0.272. The predicted octanol–water partition coefficient (Wildman–Crippen LogP) is 2.51. The molecule has 82 valence electrons. The van der Waals surface area contributed by atoms with Crippen molar-refractivity contribution in [1.82, 2.24) is 0 Å². The van der Waals surface area contributed by atoms with Gasteiger partial charge in [0.05, 0.1) is 7.11 Å². The molecule has 16 heavy (non-hydrogen) atoms. The smallest absolute Gasteiger partial charge is 0.165 e. The maximum atomic E-state index is 13.4. The van der Waals surface area contributed by atoms with Crippen LogP contribution in [-0.4, -0.2) is 18.5 Å². The molecule has 0 aliphatic carbocycles. The summed E-state index contributed by atoms with van der Waals surface area (Å²) >= 11 is 0. The van der Waals surface area contributed by atoms with Crippen molar-refractivity contribution < 1.29 is 19.0 Å². The summed E-state index contributed by atoms with van der Waals surface area (Å²) in [7, 11) is 1.34. The van der Waals surface area contributed by atoms with E-state index in [1.807, 2.05) is 0 Å². The van der Waals surface area contributed by atoms with Gasteiger partial charge in [0.15, 0.2) is 11.6 Å². The molecule has 2 aromatic rings. The molecular formula is C12H9FO3. The number of ether oxygens (including phenoxy) is 1. The number of phenolic OH excluding ortho intramolecular Hbond substituents is 1. The van der Waals surface area contributed by atoms with Crippen LogP contribution < -0.4 is 4.74 Å². The first kappa shape index (κ1) is 10.4. The molecule has 0 amide bonds. The molecule has 0 aliphatic rings. The summed E-state index contributed by atoms with van der Waals surface area (Å²) in [6.07, 6.45) is 0.587. The first-order valence-corrected chi connectivity index (χ1v) is 4.61. The maximum absolute atomic E-state index is 13.4. The largest absolute Gasteiger partial charge is 0.507 e. The van der Waals surface area contributed by atoms with Crippen molar-refractivity contribution in [3.63, 3.8) is 0 Å². The molecule has 4 heteroatoms. The Balaban J connectivity index is 2.90. The highest BCUT2D eigenvalue weighted by atomic mass is 19.1. The monoisotopic (exact) mass is 220 g/mol. The standard InChI is InChI=1S/C12H9FO3/c1-16-12-9-4-7(6-14)5-11(15)8(9)2-3-10(12)13/h2-6,15H,1H3. The van der Waals surface area contributed by atoms with Crippen molar-refractivity contribution in [2.75, 3.05) is 7.11 Å². The molecule has 0 aromatic heterocycles. The van der Waals surface area contributed by atoms with E-state index in [2.05, 4.69) is 0 Å². The number of fused-ring (bicyclic) bond motifs is 1. The zero-order valence-corrected chi connectivity index (χ0v) is 8.53. The Morgan fingerprint density at radius 1 is 1.31 bits per heavy atom. The van der Waals surface area contributed by atoms with Gasteiger partial charge in [0.1, 0.15) is 12.0 Å². The van der Waals surface area contributed by atoms with Crippen LogP contribution in [0.3, 0.4) is 0 Å². The Morgan fingerprint density at radius 2 is 2.06 bits per heavy atom. The number of hydrogen-bond donors (Lipinski definition) is 1. The summed E-state index contributed by atoms with van der Waals surface area (Å²) in [5.74, 6) is -0.577. The van der Waals surface area contributed by atoms with Gasteiger partial charge in [0.25, 0.3) is 0 Å². The van der Waals surface area contributed by atoms with Gasteiger partial charge in [0, 0.05) is 16.3 Å². The van der Waals surface area contributed by atoms with Gasteiger partial charge >= 0.3 is 0 Å². The van der Waals surface area contributed by atoms with Crippen LogP contribution in [0.15, 0.2) is 24.3 Å². The van der Waals surface area contributed by atoms with Gasteiger partial charge in [-0.1, -0.05) is 0 Å². The van der Waals surface area contributed by atoms with Crippen molar-refractivity contribution in [2.45, 2.75) is 0 Å². The number of carbonyl (C=O) groups is 1. The zero-order valence-electron chi connectivity index (χ0n) is 8.53. The molecule has 2 rings (SSSR count). The molecule has 0 saturated carbocycles. The molecule has 2 aromatic carbocycles. The Morgan fingerprint density at radius 3 is 2.69 bits per heavy atom. The summed E-state index contributed by atoms with van der Waals surface area (Å²) in [6.45, 7) is 0. The number of hydrogen-bond acceptors (Lipinski definition) is 3. The van der Waals surface area contributed by atoms with Gasteiger partial charge in [0.2, 0.25) is 0 Å². The van der Waals surface area contributed by atoms with Gasteiger partial charge in [-0.2, -0.15) is 0 Å². The third kappa shape index (κ3) is 1.48. The number of phenols is 1. The number of carbonyl (C=O) groups excluding carboxylic acids is 1. The minimum absolute atomic E-state index is 0.0245. The van der Waals surface area contributed by atoms with E-state index >= 15 is 0 Å². The van der Waals surface area contributed by atoms with Crippen LogP contribution in [0, 0.1) is 5.82 Å². The summed E-state index contributed by atoms with van der Waals surface area (Å²) in [6, 6.07) is 5.45. The van der Waals surface area contributed by atoms with E-state index in [0.29, 0.717) is 17.1 Å². The average molecular weight is 220 g/mol. The maximum Gasteiger partial charge on any atom is 0.165 e. The summed E-state index contributed by atoms with van der Waals surface area (Å²) < 4.78 is 18.3. The fraction of sp³-hybridized carbons (Fsp3) is 0.0833. The Bertz CT molecular complexity index is 564. The second-order valence-corrected chi connectivity index (χ2v) is 3.33. The first-order valence-electron chi connectivity index (χ1n) is 4.61. The van der Waals surface area contributed by atoms with Gasteiger partial charge in [-0.15, -0.1) is 0 Å². The molecule has 0 atom stereocenters. The second kappa shape index (κ2) is 3.81. The first-order chi connectivity index (χ1) is 7.67. The van der Waals surface area contributed by atoms with Crippen LogP contribution in [0.2, 0.25) is 0 Å². The third-order valence-corrected chi connectivity index (χ3v) is 2.38. The van der Waals surface area contributed by atoms with Crippen molar-refractivity contribution in [2.24, 2.45) is 0 Å². The minimum Gasteiger partial charge on any atom is -0.507 e. The lowest BCUT2D eigenvalue weighted by atomic mass is 10.1. The molecule has 0 saturated heterocycles. The third-order valence-electron chi connectivity index (χ3n) is 2.38. The fourth-order valence-electron chi connectivity index (χ4n) is 1.66. The molecule has 0 aliphatic heterocycles. The van der Waals surface area contributed by atoms with Gasteiger partial charge < -0.3 is 9.84 Å². The van der Waals surface area contributed by atoms with Gasteiger partial charge in [-0.05, 0) is 24.3 Å². The van der Waals surface area contributed by atoms with Crippen LogP contribution in [0.25, 0.3) is 10.8 Å². The Hall–Kier alpha value is -2.10. The van der Waals surface area contributed by atoms with E-state index in [9.17, 15) is 14.3 Å². The van der Waals surface area contributed by atoms with E-state index in [-0.39, 0.29) is 17.1 Å². The van der Waals surface area contributed by atoms with E-state index < -0.39 is 5.82 Å². The van der Waals surface area contributed by atoms with E-state index in [1.165, 1.54) is 31.4 Å². The normalized spacial score (nSPS) is 10.4. The van der Waals surface area contributed by atoms with Crippen LogP contribution in [0.4, 0.5) is 4.39 Å². The summed E-state index contributed by atoms with van der Waals surface area (Å²) in [5, 5.41) is 10.5. The SMILES string of the molecule is COc1c(F)ccc2c(O)cc(C=O)cc12. The average Bonchev–Trinajstić information content (AvgIpc) is 2.28. The van der Waals surface area contributed by atoms with Crippen LogP contribution in [0.5, 0.6) is 11.5 Å². The highest BCUT2D eigenvalue weighted by molar-refractivity contribution is 5.97. The van der Waals surface area contributed by atoms with E-state index in [1.54, 1.807) is 0 Å². The van der Waals surface area contributed by atoms with Gasteiger partial charge in [-0.25, -0.2) is 4.39 Å².